The molecule has 0 radical (unpaired) electrons. The zero-order valence-corrected chi connectivity index (χ0v) is 55.1. The number of hydrogen-bond acceptors (Lipinski definition) is 15. The van der Waals surface area contributed by atoms with Crippen LogP contribution in [0.25, 0.3) is 20.4 Å². The van der Waals surface area contributed by atoms with Gasteiger partial charge in [0.05, 0.1) is 31.6 Å². The van der Waals surface area contributed by atoms with E-state index in [0.29, 0.717) is 42.2 Å². The largest absolute Gasteiger partial charge is 1.00 e. The molecule has 2 saturated heterocycles. The average molecular weight is 1210 g/mol. The summed E-state index contributed by atoms with van der Waals surface area (Å²) >= 11 is 6.34. The second kappa shape index (κ2) is 33.0. The summed E-state index contributed by atoms with van der Waals surface area (Å²) in [5.74, 6) is 0.791. The van der Waals surface area contributed by atoms with E-state index >= 15 is 0 Å². The summed E-state index contributed by atoms with van der Waals surface area (Å²) in [6, 6.07) is 22.8. The first-order chi connectivity index (χ1) is 35.6. The number of amides is 2. The number of Topliss-reactive ketones (excluding diaryl/α,β-unsaturated/α-hetero) is 2. The molecule has 2 fully saturated rings. The molecule has 1 N–H and O–H groups in total. The van der Waals surface area contributed by atoms with Crippen LogP contribution in [0.2, 0.25) is 0 Å². The Kier molecular flexibility index (Phi) is 29.2. The van der Waals surface area contributed by atoms with Crippen molar-refractivity contribution in [3.8, 4) is 11.5 Å². The Labute approximate surface area is 552 Å². The first kappa shape index (κ1) is 68.2. The number of thiophene rings is 2. The van der Waals surface area contributed by atoms with Crippen molar-refractivity contribution < 1.29 is 157 Å². The van der Waals surface area contributed by atoms with Gasteiger partial charge in [0.15, 0.2) is 23.1 Å². The summed E-state index contributed by atoms with van der Waals surface area (Å²) in [5.41, 5.74) is 2.43. The molecule has 6 aromatic rings. The Hall–Kier alpha value is -3.08. The third-order valence-corrected chi connectivity index (χ3v) is 14.6. The fraction of sp³-hybridized carbons (Fsp3) is 0.436. The second-order valence-electron chi connectivity index (χ2n) is 19.9. The van der Waals surface area contributed by atoms with Crippen LogP contribution >= 0.6 is 38.6 Å². The standard InChI is InChI=1S/C27H32N2O5S.C16H13NO3S.C11H20BrNO2.CH2O3.2K.H/c1-18(30)22-23(33-17-20-8-6-5-7-9-20)25(31)29(21-12-15-35-24(21)22)16-19-10-13-28(14-11-19)26(32)34-27(2,3)4;1-10(18)13-14(20-9-11-5-3-2-4-6-11)16(19)17-12-7-8-21-15(12)13;1-11(2,3)15-10(14)13-6-4-9(8-12)5-7-13;2-1-4-3;;;/h5-9,12,15,19H,10-11,13-14,16-17H2,1-4H3;2-8H,9H2,1H3,(H,17,19);9H,4-8H2,1-3H3;1,3H;;;/q;;;;2*+1;-1/p-1. The molecule has 0 saturated carbocycles. The van der Waals surface area contributed by atoms with Crippen LogP contribution in [-0.4, -0.2) is 92.3 Å². The Bertz CT molecular complexity index is 2980. The summed E-state index contributed by atoms with van der Waals surface area (Å²) in [4.78, 5) is 91.9. The van der Waals surface area contributed by atoms with Crippen LogP contribution in [0.3, 0.4) is 0 Å². The molecule has 2 aliphatic rings. The summed E-state index contributed by atoms with van der Waals surface area (Å²) < 4.78 is 25.7. The van der Waals surface area contributed by atoms with E-state index in [1.807, 2.05) is 124 Å². The first-order valence-electron chi connectivity index (χ1n) is 24.5. The smallest absolute Gasteiger partial charge is 1.00 e. The monoisotopic (exact) mass is 1210 g/mol. The SMILES string of the molecule is CC(=O)c1c(OCc2ccccc2)c(=O)[nH]c2ccsc12.CC(=O)c1c(OCc2ccccc2)c(=O)n(CC2CCN(C(=O)OC(C)(C)C)CC2)c2ccsc12.CC(C)(C)OC(=O)N1CCC(CBr)CC1.O=CO[O-].[H-].[K+].[K+]. The Balaban J connectivity index is 0.000000412. The minimum Gasteiger partial charge on any atom is -1.00 e. The van der Waals surface area contributed by atoms with E-state index in [0.717, 1.165) is 70.1 Å². The van der Waals surface area contributed by atoms with Gasteiger partial charge in [0.1, 0.15) is 24.4 Å². The van der Waals surface area contributed by atoms with Crippen molar-refractivity contribution in [1.29, 1.82) is 0 Å². The number of ether oxygens (including phenoxy) is 4. The molecule has 4 aromatic heterocycles. The van der Waals surface area contributed by atoms with Crippen LogP contribution in [-0.2, 0) is 38.9 Å². The van der Waals surface area contributed by atoms with Gasteiger partial charge >= 0.3 is 115 Å². The van der Waals surface area contributed by atoms with Crippen LogP contribution in [0, 0.1) is 11.8 Å². The molecule has 0 aliphatic carbocycles. The van der Waals surface area contributed by atoms with Gasteiger partial charge in [-0.3, -0.25) is 24.0 Å². The molecule has 2 aliphatic heterocycles. The third-order valence-electron chi connectivity index (χ3n) is 11.8. The van der Waals surface area contributed by atoms with Crippen molar-refractivity contribution in [2.24, 2.45) is 11.8 Å². The maximum atomic E-state index is 13.6. The molecule has 77 heavy (non-hydrogen) atoms. The zero-order valence-electron chi connectivity index (χ0n) is 46.6. The molecule has 22 heteroatoms. The fourth-order valence-electron chi connectivity index (χ4n) is 8.17. The topological polar surface area (TPSA) is 216 Å². The number of fused-ring (bicyclic) bond motifs is 2. The number of pyridine rings is 2. The van der Waals surface area contributed by atoms with E-state index in [2.05, 4.69) is 25.8 Å². The van der Waals surface area contributed by atoms with Crippen molar-refractivity contribution in [2.45, 2.75) is 112 Å². The summed E-state index contributed by atoms with van der Waals surface area (Å²) in [6.07, 6.45) is 3.22. The summed E-state index contributed by atoms with van der Waals surface area (Å²) in [7, 11) is 0. The maximum Gasteiger partial charge on any atom is 1.00 e. The van der Waals surface area contributed by atoms with E-state index in [4.69, 9.17) is 29.0 Å². The fourth-order valence-corrected chi connectivity index (χ4v) is 10.7. The number of benzene rings is 2. The molecule has 2 amide bonds. The number of rotatable bonds is 12. The zero-order chi connectivity index (χ0) is 54.9. The van der Waals surface area contributed by atoms with Gasteiger partial charge in [0, 0.05) is 38.1 Å². The number of alkyl halides is 1. The molecule has 0 spiro atoms. The third kappa shape index (κ3) is 21.1. The van der Waals surface area contributed by atoms with Crippen LogP contribution in [0.1, 0.15) is 114 Å². The Morgan fingerprint density at radius 3 is 1.56 bits per heavy atom. The number of nitrogens with one attached hydrogen (secondary N) is 1. The number of hydrogen-bond donors (Lipinski definition) is 1. The normalized spacial score (nSPS) is 13.6. The number of aromatic amines is 1. The maximum absolute atomic E-state index is 13.6. The average Bonchev–Trinajstić information content (AvgIpc) is 4.06. The molecule has 0 bridgehead atoms. The predicted molar refractivity (Wildman–Crippen MR) is 293 cm³/mol. The quantitative estimate of drug-likeness (QED) is 0.0449. The predicted octanol–water partition coefficient (Wildman–Crippen LogP) is 4.45. The van der Waals surface area contributed by atoms with Gasteiger partial charge < -0.3 is 49.9 Å². The number of likely N-dealkylation sites (tertiary alicyclic amines) is 2. The molecule has 8 rings (SSSR count). The Morgan fingerprint density at radius 1 is 0.688 bits per heavy atom. The van der Waals surface area contributed by atoms with Crippen LogP contribution in [0.5, 0.6) is 11.5 Å². The van der Waals surface area contributed by atoms with Crippen molar-refractivity contribution >= 4 is 89.3 Å². The Morgan fingerprint density at radius 2 is 1.12 bits per heavy atom. The van der Waals surface area contributed by atoms with Crippen molar-refractivity contribution in [3.63, 3.8) is 0 Å². The van der Waals surface area contributed by atoms with Gasteiger partial charge in [0.2, 0.25) is 0 Å². The van der Waals surface area contributed by atoms with E-state index in [-0.39, 0.29) is 182 Å². The molecule has 0 unspecified atom stereocenters. The first-order valence-corrected chi connectivity index (χ1v) is 27.4. The molecular formula is C55H67BrK2N4O13S2. The van der Waals surface area contributed by atoms with Gasteiger partial charge in [-0.05, 0) is 127 Å². The van der Waals surface area contributed by atoms with Crippen molar-refractivity contribution in [3.05, 3.63) is 127 Å². The molecule has 0 atom stereocenters. The van der Waals surface area contributed by atoms with Crippen LogP contribution in [0.15, 0.2) is 93.1 Å². The van der Waals surface area contributed by atoms with Gasteiger partial charge in [0.25, 0.3) is 17.6 Å². The second-order valence-corrected chi connectivity index (χ2v) is 22.4. The van der Waals surface area contributed by atoms with E-state index < -0.39 is 5.60 Å². The van der Waals surface area contributed by atoms with Crippen molar-refractivity contribution in [2.75, 3.05) is 31.5 Å². The van der Waals surface area contributed by atoms with E-state index in [1.165, 1.54) is 36.5 Å². The number of carbonyl (C=O) groups excluding carboxylic acids is 5. The number of carbonyl (C=O) groups is 5. The number of nitrogens with zero attached hydrogens (tertiary/aromatic N) is 3. The number of ketones is 2. The minimum absolute atomic E-state index is 0. The summed E-state index contributed by atoms with van der Waals surface area (Å²) in [5, 5.41) is 13.2. The van der Waals surface area contributed by atoms with E-state index in [9.17, 15) is 28.8 Å². The van der Waals surface area contributed by atoms with Crippen LogP contribution in [0.4, 0.5) is 9.59 Å². The molecule has 2 aromatic carbocycles. The molecule has 406 valence electrons. The van der Waals surface area contributed by atoms with Gasteiger partial charge in [-0.15, -0.1) is 22.7 Å². The van der Waals surface area contributed by atoms with Gasteiger partial charge in [-0.25, -0.2) is 9.59 Å². The summed E-state index contributed by atoms with van der Waals surface area (Å²) in [6.45, 7) is 17.8. The van der Waals surface area contributed by atoms with E-state index in [1.54, 1.807) is 15.5 Å². The molecule has 17 nitrogen and oxygen atoms in total. The van der Waals surface area contributed by atoms with Gasteiger partial charge in [-0.2, -0.15) is 0 Å². The van der Waals surface area contributed by atoms with Crippen molar-refractivity contribution in [1.82, 2.24) is 19.4 Å². The number of aromatic nitrogens is 2. The number of H-pyrrole nitrogens is 1. The number of halogens is 1. The molecule has 6 heterocycles. The van der Waals surface area contributed by atoms with Gasteiger partial charge in [-0.1, -0.05) is 76.6 Å². The van der Waals surface area contributed by atoms with Crippen LogP contribution < -0.4 is 129 Å². The molecular weight excluding hydrogens is 1150 g/mol. The number of piperidine rings is 2. The minimum atomic E-state index is -0.527.